The molecule has 1 spiro atoms. The molecular weight excluding hydrogens is 715 g/mol. The number of rotatable bonds is 12. The molecule has 56 heavy (non-hydrogen) atoms. The Labute approximate surface area is 332 Å². The quantitative estimate of drug-likeness (QED) is 0.159. The van der Waals surface area contributed by atoms with Gasteiger partial charge in [0, 0.05) is 37.8 Å². The molecule has 3 amide bonds. The largest absolute Gasteiger partial charge is 0.494 e. The Morgan fingerprint density at radius 2 is 1.70 bits per heavy atom. The lowest BCUT2D eigenvalue weighted by atomic mass is 9.72. The molecule has 0 aliphatic carbocycles. The summed E-state index contributed by atoms with van der Waals surface area (Å²) in [6.45, 7) is 16.5. The number of likely N-dealkylation sites (tertiary alicyclic amines) is 2. The van der Waals surface area contributed by atoms with Gasteiger partial charge in [-0.1, -0.05) is 45.0 Å². The summed E-state index contributed by atoms with van der Waals surface area (Å²) < 4.78 is 13.1. The molecule has 6 N–H and O–H groups in total. The molecule has 6 rings (SSSR count). The summed E-state index contributed by atoms with van der Waals surface area (Å²) in [6, 6.07) is 13.6. The zero-order valence-corrected chi connectivity index (χ0v) is 34.0. The molecule has 1 aromatic heterocycles. The van der Waals surface area contributed by atoms with Crippen LogP contribution in [0.3, 0.4) is 0 Å². The van der Waals surface area contributed by atoms with Crippen molar-refractivity contribution in [3.63, 3.8) is 0 Å². The fraction of sp³-hybridized carbons (Fsp3) is 0.628. The van der Waals surface area contributed by atoms with Gasteiger partial charge in [0.05, 0.1) is 25.3 Å². The van der Waals surface area contributed by atoms with E-state index in [-0.39, 0.29) is 18.5 Å². The van der Waals surface area contributed by atoms with E-state index < -0.39 is 37.3 Å². The minimum Gasteiger partial charge on any atom is -0.494 e. The van der Waals surface area contributed by atoms with Crippen molar-refractivity contribution in [1.82, 2.24) is 25.0 Å². The van der Waals surface area contributed by atoms with Crippen molar-refractivity contribution in [2.75, 3.05) is 59.0 Å². The van der Waals surface area contributed by atoms with Gasteiger partial charge < -0.3 is 54.9 Å². The number of amides is 3. The lowest BCUT2D eigenvalue weighted by molar-refractivity contribution is -0.250. The zero-order chi connectivity index (χ0) is 40.4. The van der Waals surface area contributed by atoms with Gasteiger partial charge >= 0.3 is 6.03 Å². The molecule has 13 nitrogen and oxygen atoms in total. The fourth-order valence-corrected chi connectivity index (χ4v) is 8.42. The molecule has 3 aromatic rings. The molecule has 2 aromatic carbocycles. The molecule has 0 radical (unpaired) electrons. The van der Waals surface area contributed by atoms with E-state index in [1.54, 1.807) is 4.57 Å². The Morgan fingerprint density at radius 1 is 0.964 bits per heavy atom. The molecule has 0 saturated carbocycles. The topological polar surface area (TPSA) is 169 Å². The van der Waals surface area contributed by atoms with Crippen LogP contribution in [0.1, 0.15) is 82.7 Å². The summed E-state index contributed by atoms with van der Waals surface area (Å²) in [5.41, 5.74) is 4.51. The maximum atomic E-state index is 12.4. The van der Waals surface area contributed by atoms with Gasteiger partial charge in [-0.25, -0.2) is 4.79 Å². The van der Waals surface area contributed by atoms with Gasteiger partial charge in [-0.05, 0) is 112 Å². The third kappa shape index (κ3) is 10.8. The number of piperidine rings is 2. The van der Waals surface area contributed by atoms with Crippen molar-refractivity contribution in [1.29, 1.82) is 0 Å². The first-order chi connectivity index (χ1) is 26.9. The van der Waals surface area contributed by atoms with E-state index in [1.807, 2.05) is 81.3 Å². The number of carbonyl (C=O) groups is 2. The summed E-state index contributed by atoms with van der Waals surface area (Å²) in [5.74, 6) is 1.27. The van der Waals surface area contributed by atoms with Gasteiger partial charge in [-0.15, -0.1) is 0 Å². The molecule has 4 heterocycles. The highest BCUT2D eigenvalue weighted by Crippen LogP contribution is 2.40. The third-order valence-electron chi connectivity index (χ3n) is 11.4. The Morgan fingerprint density at radius 3 is 2.36 bits per heavy atom. The van der Waals surface area contributed by atoms with E-state index in [9.17, 15) is 30.0 Å². The predicted octanol–water partition coefficient (Wildman–Crippen LogP) is 3.97. The Balaban J connectivity index is 0.000000220. The van der Waals surface area contributed by atoms with Gasteiger partial charge in [-0.3, -0.25) is 4.79 Å². The lowest BCUT2D eigenvalue weighted by Crippen LogP contribution is -2.56. The Hall–Kier alpha value is -3.72. The van der Waals surface area contributed by atoms with Crippen LogP contribution in [0.25, 0.3) is 10.9 Å². The minimum atomic E-state index is -1.42. The number of nitrogens with one attached hydrogen (secondary N) is 2. The molecule has 3 fully saturated rings. The van der Waals surface area contributed by atoms with E-state index in [0.29, 0.717) is 30.9 Å². The van der Waals surface area contributed by atoms with Crippen molar-refractivity contribution >= 4 is 22.8 Å². The third-order valence-corrected chi connectivity index (χ3v) is 11.4. The van der Waals surface area contributed by atoms with Crippen LogP contribution in [0, 0.1) is 18.3 Å². The summed E-state index contributed by atoms with van der Waals surface area (Å²) >= 11 is 0. The normalized spacial score (nSPS) is 23.8. The van der Waals surface area contributed by atoms with Crippen LogP contribution >= 0.6 is 0 Å². The van der Waals surface area contributed by atoms with Crippen molar-refractivity contribution in [2.24, 2.45) is 11.3 Å². The number of aliphatic hydroxyl groups excluding tert-OH is 4. The maximum absolute atomic E-state index is 12.4. The number of benzene rings is 2. The summed E-state index contributed by atoms with van der Waals surface area (Å²) in [4.78, 5) is 28.5. The number of nitrogens with zero attached hydrogens (tertiary/aromatic N) is 3. The van der Waals surface area contributed by atoms with Crippen molar-refractivity contribution < 1.29 is 39.5 Å². The van der Waals surface area contributed by atoms with Crippen LogP contribution in [-0.2, 0) is 16.0 Å². The highest BCUT2D eigenvalue weighted by Gasteiger charge is 2.44. The first-order valence-corrected chi connectivity index (χ1v) is 20.5. The minimum absolute atomic E-state index is 0.0378. The van der Waals surface area contributed by atoms with Gasteiger partial charge in [-0.2, -0.15) is 0 Å². The molecule has 5 atom stereocenters. The summed E-state index contributed by atoms with van der Waals surface area (Å²) in [5, 5.41) is 47.1. The van der Waals surface area contributed by atoms with Crippen LogP contribution in [-0.4, -0.2) is 130 Å². The molecule has 13 heteroatoms. The Kier molecular flexibility index (Phi) is 15.6. The smallest absolute Gasteiger partial charge is 0.315 e. The summed E-state index contributed by atoms with van der Waals surface area (Å²) in [6.07, 6.45) is 2.52. The zero-order valence-electron chi connectivity index (χ0n) is 34.0. The molecule has 0 bridgehead atoms. The van der Waals surface area contributed by atoms with Crippen LogP contribution in [0.2, 0.25) is 0 Å². The highest BCUT2D eigenvalue weighted by atomic mass is 16.6. The van der Waals surface area contributed by atoms with E-state index in [0.717, 1.165) is 59.3 Å². The molecule has 3 saturated heterocycles. The van der Waals surface area contributed by atoms with E-state index in [2.05, 4.69) is 22.5 Å². The predicted molar refractivity (Wildman–Crippen MR) is 217 cm³/mol. The number of hydrogen-bond donors (Lipinski definition) is 6. The first-order valence-electron chi connectivity index (χ1n) is 20.5. The number of fused-ring (bicyclic) bond motifs is 1. The molecule has 3 aliphatic rings. The summed E-state index contributed by atoms with van der Waals surface area (Å²) in [7, 11) is 0. The van der Waals surface area contributed by atoms with E-state index in [4.69, 9.17) is 9.47 Å². The molecular formula is C43H65N5O8. The van der Waals surface area contributed by atoms with Crippen molar-refractivity contribution in [3.05, 3.63) is 65.4 Å². The number of hydrogen-bond acceptors (Lipinski definition) is 9. The van der Waals surface area contributed by atoms with Crippen LogP contribution in [0.5, 0.6) is 5.75 Å². The first kappa shape index (κ1) is 43.4. The van der Waals surface area contributed by atoms with Gasteiger partial charge in [0.2, 0.25) is 5.91 Å². The average molecular weight is 780 g/mol. The molecule has 3 aliphatic heterocycles. The van der Waals surface area contributed by atoms with E-state index >= 15 is 0 Å². The maximum Gasteiger partial charge on any atom is 0.315 e. The fourth-order valence-electron chi connectivity index (χ4n) is 8.42. The molecule has 310 valence electrons. The number of aryl methyl sites for hydroxylation is 1. The van der Waals surface area contributed by atoms with Gasteiger partial charge in [0.25, 0.3) is 0 Å². The standard InChI is InChI=1S/C24H29NO6.C19H36N4O2/c1-3-30-17-9-7-15(8-10-17)11-16-12-25(18-6-4-5-14(2)20(16)18)24-23(29)22(28)21(27)19(13-26)31-24;1-4-9-22-10-5-6-19(15-22)7-11-23(12-8-19)17(24)14-21-18(25)20-13-16(2)3/h4-10,12,19,21-24,26-29H,3,11,13H2,1-2H3;16H,4-15H2,1-3H3,(H2,20,21,25)/t19-,21-,22+,23-,24-;/m1./s1. The number of aromatic nitrogens is 1. The van der Waals surface area contributed by atoms with Crippen molar-refractivity contribution in [3.8, 4) is 5.75 Å². The molecule has 0 unspecified atom stereocenters. The van der Waals surface area contributed by atoms with Crippen LogP contribution in [0.15, 0.2) is 48.7 Å². The second-order valence-corrected chi connectivity index (χ2v) is 16.2. The lowest BCUT2D eigenvalue weighted by Gasteiger charge is -2.47. The van der Waals surface area contributed by atoms with E-state index in [1.165, 1.54) is 38.9 Å². The number of urea groups is 1. The monoisotopic (exact) mass is 779 g/mol. The van der Waals surface area contributed by atoms with Gasteiger partial charge in [0.15, 0.2) is 6.23 Å². The van der Waals surface area contributed by atoms with Crippen LogP contribution in [0.4, 0.5) is 4.79 Å². The van der Waals surface area contributed by atoms with Crippen LogP contribution < -0.4 is 15.4 Å². The second kappa shape index (κ2) is 20.1. The number of carbonyl (C=O) groups excluding carboxylic acids is 2. The number of aliphatic hydroxyl groups is 4. The average Bonchev–Trinajstić information content (AvgIpc) is 3.55. The highest BCUT2D eigenvalue weighted by molar-refractivity contribution is 5.87. The van der Waals surface area contributed by atoms with Crippen molar-refractivity contribution in [2.45, 2.75) is 104 Å². The SMILES string of the molecule is CCCN1CCCC2(CCN(C(=O)CNC(=O)NCC(C)C)CC2)C1.CCOc1ccc(Cc2cn([C@@H]3O[C@H](CO)[C@@H](O)[C@H](O)[C@H]3O)c3cccc(C)c23)cc1. The Bertz CT molecular complexity index is 1700. The van der Waals surface area contributed by atoms with Gasteiger partial charge in [0.1, 0.15) is 30.2 Å². The number of ether oxygens (including phenoxy) is 2. The second-order valence-electron chi connectivity index (χ2n) is 16.2.